The number of nitriles is 1. The van der Waals surface area contributed by atoms with Crippen LogP contribution < -0.4 is 5.32 Å². The highest BCUT2D eigenvalue weighted by molar-refractivity contribution is 7.95. The first kappa shape index (κ1) is 54.5. The molecule has 5 aromatic carbocycles. The Hall–Kier alpha value is -7.25. The first-order chi connectivity index (χ1) is 34.9. The van der Waals surface area contributed by atoms with E-state index in [1.54, 1.807) is 42.5 Å². The Bertz CT molecular complexity index is 4060. The highest BCUT2D eigenvalue weighted by Gasteiger charge is 2.26. The van der Waals surface area contributed by atoms with E-state index >= 15 is 0 Å². The number of anilines is 1. The molecule has 0 radical (unpaired) electrons. The van der Waals surface area contributed by atoms with Crippen molar-refractivity contribution < 1.29 is 83.2 Å². The summed E-state index contributed by atoms with van der Waals surface area (Å²) in [5, 5.41) is 84.2. The summed E-state index contributed by atoms with van der Waals surface area (Å²) in [6, 6.07) is 18.3. The zero-order valence-electron chi connectivity index (χ0n) is 37.0. The monoisotopic (exact) mass is 1130 g/mol. The van der Waals surface area contributed by atoms with Crippen LogP contribution in [0.15, 0.2) is 123 Å². The van der Waals surface area contributed by atoms with Crippen LogP contribution in [0.4, 0.5) is 39.3 Å². The topological polar surface area (TPSA) is 438 Å². The molecule has 8 aromatic rings. The van der Waals surface area contributed by atoms with Gasteiger partial charge in [-0.1, -0.05) is 33.5 Å². The van der Waals surface area contributed by atoms with Gasteiger partial charge in [-0.15, -0.1) is 39.4 Å². The molecular weight excluding hydrogens is 1100 g/mol. The number of aromatic hydroxyl groups is 2. The number of hydrogen-bond donors (Lipinski definition) is 8. The fourth-order valence-electron chi connectivity index (χ4n) is 6.64. The maximum Gasteiger partial charge on any atom is 0.296 e. The van der Waals surface area contributed by atoms with Crippen molar-refractivity contribution in [1.82, 2.24) is 14.4 Å². The minimum atomic E-state index is -5.19. The number of fused-ring (bicyclic) bond motifs is 5. The van der Waals surface area contributed by atoms with Crippen molar-refractivity contribution in [2.45, 2.75) is 33.4 Å². The lowest BCUT2D eigenvalue weighted by atomic mass is 10.1. The number of hydrogen-bond acceptors (Lipinski definition) is 27. The lowest BCUT2D eigenvalue weighted by molar-refractivity contribution is -0.432. The molecule has 0 spiro atoms. The van der Waals surface area contributed by atoms with Gasteiger partial charge >= 0.3 is 0 Å². The van der Waals surface area contributed by atoms with Crippen molar-refractivity contribution in [2.24, 2.45) is 30.7 Å². The molecule has 0 aliphatic heterocycles. The summed E-state index contributed by atoms with van der Waals surface area (Å²) >= 11 is 1.95. The number of phenolic OH excluding ortho intramolecular Hbond substituents is 1. The Morgan fingerprint density at radius 1 is 0.770 bits per heavy atom. The van der Waals surface area contributed by atoms with Crippen molar-refractivity contribution >= 4 is 149 Å². The summed E-state index contributed by atoms with van der Waals surface area (Å²) in [4.78, 5) is 19.5. The predicted molar refractivity (Wildman–Crippen MR) is 261 cm³/mol. The number of aromatic nitrogens is 3. The highest BCUT2D eigenvalue weighted by atomic mass is 32.2. The summed E-state index contributed by atoms with van der Waals surface area (Å²) in [5.74, 6) is -2.02. The normalized spacial score (nSPS) is 12.4. The number of phenols is 1. The van der Waals surface area contributed by atoms with Gasteiger partial charge < -0.3 is 15.5 Å². The lowest BCUT2D eigenvalue weighted by Gasteiger charge is -2.12. The fraction of sp³-hybridized carbons (Fsp3) is 0.0769. The van der Waals surface area contributed by atoms with Crippen molar-refractivity contribution in [3.05, 3.63) is 83.9 Å². The third kappa shape index (κ3) is 12.4. The van der Waals surface area contributed by atoms with Crippen LogP contribution in [-0.2, 0) is 53.9 Å². The van der Waals surface area contributed by atoms with Crippen molar-refractivity contribution in [3.8, 4) is 17.7 Å². The van der Waals surface area contributed by atoms with Gasteiger partial charge in [-0.3, -0.25) is 22.9 Å². The number of thiazole rings is 1. The van der Waals surface area contributed by atoms with Gasteiger partial charge in [-0.2, -0.15) is 30.5 Å². The van der Waals surface area contributed by atoms with E-state index in [1.165, 1.54) is 11.3 Å². The molecule has 0 unspecified atom stereocenters. The second-order valence-electron chi connectivity index (χ2n) is 14.5. The van der Waals surface area contributed by atoms with E-state index in [0.717, 1.165) is 48.6 Å². The van der Waals surface area contributed by atoms with Gasteiger partial charge in [-0.05, 0) is 73.0 Å². The van der Waals surface area contributed by atoms with Crippen LogP contribution in [0.2, 0.25) is 0 Å². The van der Waals surface area contributed by atoms with Gasteiger partial charge in [0.05, 0.1) is 62.2 Å². The average Bonchev–Trinajstić information content (AvgIpc) is 3.92. The molecule has 0 aliphatic rings. The van der Waals surface area contributed by atoms with Gasteiger partial charge in [0, 0.05) is 22.8 Å². The lowest BCUT2D eigenvalue weighted by Crippen LogP contribution is -2.07. The molecule has 0 saturated heterocycles. The molecule has 35 heteroatoms. The summed E-state index contributed by atoms with van der Waals surface area (Å²) in [6.45, 7) is 2.57. The number of nitrogens with zero attached hydrogens (tertiary/aromatic N) is 10. The number of carbonyl (C=O) groups excluding carboxylic acids is 1. The van der Waals surface area contributed by atoms with Gasteiger partial charge in [0.15, 0.2) is 17.1 Å². The molecule has 0 fully saturated rings. The molecule has 8 N–H and O–H groups in total. The summed E-state index contributed by atoms with van der Waals surface area (Å²) in [6.07, 6.45) is 0.715. The minimum absolute atomic E-state index is 0.000850. The standard InChI is InChI=1S/C38H25N11O15S5.CH4O3S/c1-16-21(15-39)36-41-22-5-3-4-6-28(22)49(36)37(52)33(16)46-44-26-12-20-18(10-31(26)68(55,56)57)9-30(67-64-62-54)34(35(20)51)47-45-27-13-24(40-17(2)50)25(14-32(27)69(58,59)60)43-48-38-42-23-8-7-19(66-63-61-53)11-29(23)65-38;1-5(2,3)4/h3-14,51-54H,1-2H3,(H,40,50)(H,55,56,57)(H,58,59,60);1H3,(H,2,3,4). The average molecular weight is 1130 g/mol. The number of pyridine rings is 1. The molecule has 8 rings (SSSR count). The maximum atomic E-state index is 12.8. The number of nitrogens with one attached hydrogen (secondary N) is 1. The summed E-state index contributed by atoms with van der Waals surface area (Å²) in [7, 11) is -14.0. The van der Waals surface area contributed by atoms with E-state index in [9.17, 15) is 54.6 Å². The molecule has 74 heavy (non-hydrogen) atoms. The van der Waals surface area contributed by atoms with Crippen molar-refractivity contribution in [3.63, 3.8) is 0 Å². The Labute approximate surface area is 426 Å². The van der Waals surface area contributed by atoms with E-state index in [-0.39, 0.29) is 66.7 Å². The fourth-order valence-corrected chi connectivity index (χ4v) is 9.70. The third-order valence-electron chi connectivity index (χ3n) is 9.55. The Kier molecular flexibility index (Phi) is 16.3. The molecule has 3 heterocycles. The second kappa shape index (κ2) is 22.1. The van der Waals surface area contributed by atoms with E-state index in [0.29, 0.717) is 44.4 Å². The van der Waals surface area contributed by atoms with Crippen LogP contribution in [0.3, 0.4) is 0 Å². The number of imidazole rings is 1. The van der Waals surface area contributed by atoms with Crippen LogP contribution in [0.5, 0.6) is 11.6 Å². The summed E-state index contributed by atoms with van der Waals surface area (Å²) in [5.41, 5.74) is -1.09. The van der Waals surface area contributed by atoms with Gasteiger partial charge in [0.25, 0.3) is 30.4 Å². The molecule has 1 amide bonds. The van der Waals surface area contributed by atoms with Crippen LogP contribution in [-0.4, -0.2) is 86.2 Å². The van der Waals surface area contributed by atoms with Crippen LogP contribution >= 0.6 is 35.4 Å². The Morgan fingerprint density at radius 2 is 1.39 bits per heavy atom. The highest BCUT2D eigenvalue weighted by Crippen LogP contribution is 2.48. The zero-order chi connectivity index (χ0) is 53.9. The molecule has 29 nitrogen and oxygen atoms in total. The summed E-state index contributed by atoms with van der Waals surface area (Å²) < 4.78 is 108. The van der Waals surface area contributed by atoms with E-state index in [4.69, 9.17) is 15.1 Å². The molecule has 0 bridgehead atoms. The minimum Gasteiger partial charge on any atom is -0.505 e. The van der Waals surface area contributed by atoms with Crippen molar-refractivity contribution in [1.29, 1.82) is 5.26 Å². The van der Waals surface area contributed by atoms with Crippen molar-refractivity contribution in [2.75, 3.05) is 11.6 Å². The number of azo groups is 3. The number of carbonyl (C=O) groups is 1. The number of benzene rings is 5. The van der Waals surface area contributed by atoms with E-state index in [2.05, 4.69) is 64.7 Å². The van der Waals surface area contributed by atoms with Gasteiger partial charge in [0.1, 0.15) is 44.2 Å². The molecule has 3 aromatic heterocycles. The second-order valence-corrected chi connectivity index (χ2v) is 21.3. The smallest absolute Gasteiger partial charge is 0.296 e. The van der Waals surface area contributed by atoms with Gasteiger partial charge in [-0.25, -0.2) is 20.5 Å². The number of rotatable bonds is 15. The van der Waals surface area contributed by atoms with E-state index in [1.807, 2.05) is 6.07 Å². The molecular formula is C39H29N11O18S6. The number of para-hydroxylation sites is 2. The first-order valence-electron chi connectivity index (χ1n) is 19.5. The molecule has 384 valence electrons. The molecule has 0 atom stereocenters. The molecule has 0 saturated carbocycles. The number of amides is 1. The quantitative estimate of drug-likeness (QED) is 0.0155. The van der Waals surface area contributed by atoms with Gasteiger partial charge in [0.2, 0.25) is 16.9 Å². The van der Waals surface area contributed by atoms with Crippen LogP contribution in [0, 0.1) is 18.3 Å². The Morgan fingerprint density at radius 3 is 2.04 bits per heavy atom. The third-order valence-corrected chi connectivity index (χ3v) is 13.4. The maximum absolute atomic E-state index is 12.8. The predicted octanol–water partition coefficient (Wildman–Crippen LogP) is 9.90. The largest absolute Gasteiger partial charge is 0.505 e. The van der Waals surface area contributed by atoms with Crippen LogP contribution in [0.25, 0.3) is 37.7 Å². The van der Waals surface area contributed by atoms with Crippen LogP contribution in [0.1, 0.15) is 18.1 Å². The van der Waals surface area contributed by atoms with E-state index < -0.39 is 74.7 Å². The Balaban J connectivity index is 0.00000153. The SMILES string of the molecule is CC(=O)Nc1cc(N=Nc2c(SOOO)cc3cc(S(=O)(=O)O)c(N=Nc4c(C)c(C#N)c5nc6ccccc6n5c4O)cc3c2O)c(S(=O)(=O)O)cc1N=Nc1nc2ccc(SOOO)cc2s1.CS(=O)(=O)O. The first-order valence-corrected chi connectivity index (χ1v) is 26.6. The molecule has 0 aliphatic carbocycles. The zero-order valence-corrected chi connectivity index (χ0v) is 41.9.